The molecular formula is C12H22N2O3S. The van der Waals surface area contributed by atoms with Crippen molar-refractivity contribution in [2.45, 2.75) is 44.2 Å². The molecule has 1 atom stereocenters. The largest absolute Gasteiger partial charge is 0.341 e. The Balaban J connectivity index is 1.93. The first-order chi connectivity index (χ1) is 8.39. The van der Waals surface area contributed by atoms with Crippen molar-refractivity contribution in [3.05, 3.63) is 0 Å². The number of hydrogen-bond donors (Lipinski definition) is 1. The van der Waals surface area contributed by atoms with Gasteiger partial charge in [-0.2, -0.15) is 0 Å². The highest BCUT2D eigenvalue weighted by atomic mass is 32.2. The van der Waals surface area contributed by atoms with Crippen LogP contribution in [-0.2, 0) is 14.6 Å². The molecule has 2 rings (SSSR count). The third-order valence-corrected chi connectivity index (χ3v) is 5.98. The number of carbonyl (C=O) groups excluding carboxylic acids is 1. The molecule has 0 bridgehead atoms. The number of rotatable bonds is 2. The zero-order chi connectivity index (χ0) is 13.3. The van der Waals surface area contributed by atoms with Gasteiger partial charge in [-0.15, -0.1) is 0 Å². The maximum Gasteiger partial charge on any atom is 0.225 e. The van der Waals surface area contributed by atoms with Gasteiger partial charge in [0.1, 0.15) is 0 Å². The Hall–Kier alpha value is -0.620. The van der Waals surface area contributed by atoms with E-state index in [1.807, 2.05) is 0 Å². The molecule has 1 saturated carbocycles. The Labute approximate surface area is 109 Å². The molecule has 6 heteroatoms. The van der Waals surface area contributed by atoms with Crippen LogP contribution in [0.2, 0.25) is 0 Å². The summed E-state index contributed by atoms with van der Waals surface area (Å²) in [6.45, 7) is 0. The van der Waals surface area contributed by atoms with Crippen molar-refractivity contribution in [1.29, 1.82) is 0 Å². The Morgan fingerprint density at radius 2 is 1.78 bits per heavy atom. The van der Waals surface area contributed by atoms with E-state index >= 15 is 0 Å². The number of amides is 1. The lowest BCUT2D eigenvalue weighted by Gasteiger charge is -2.31. The number of hydrogen-bond acceptors (Lipinski definition) is 4. The smallest absolute Gasteiger partial charge is 0.225 e. The van der Waals surface area contributed by atoms with E-state index in [4.69, 9.17) is 5.73 Å². The third kappa shape index (κ3) is 3.03. The van der Waals surface area contributed by atoms with Gasteiger partial charge in [0.2, 0.25) is 5.91 Å². The molecule has 1 aliphatic carbocycles. The van der Waals surface area contributed by atoms with Gasteiger partial charge in [0.05, 0.1) is 11.5 Å². The van der Waals surface area contributed by atoms with Crippen molar-refractivity contribution in [3.63, 3.8) is 0 Å². The first-order valence-corrected chi connectivity index (χ1v) is 8.44. The van der Waals surface area contributed by atoms with Gasteiger partial charge >= 0.3 is 0 Å². The van der Waals surface area contributed by atoms with E-state index in [-0.39, 0.29) is 35.4 Å². The fraction of sp³-hybridized carbons (Fsp3) is 0.917. The molecular weight excluding hydrogens is 252 g/mol. The Morgan fingerprint density at radius 1 is 1.17 bits per heavy atom. The molecule has 2 fully saturated rings. The highest BCUT2D eigenvalue weighted by Gasteiger charge is 2.35. The minimum Gasteiger partial charge on any atom is -0.341 e. The normalized spacial score (nSPS) is 35.3. The van der Waals surface area contributed by atoms with Crippen molar-refractivity contribution in [3.8, 4) is 0 Å². The van der Waals surface area contributed by atoms with Crippen LogP contribution in [0.1, 0.15) is 32.1 Å². The molecule has 2 N–H and O–H groups in total. The van der Waals surface area contributed by atoms with Crippen LogP contribution in [0, 0.1) is 5.92 Å². The molecule has 1 amide bonds. The fourth-order valence-electron chi connectivity index (χ4n) is 2.91. The number of nitrogens with zero attached hydrogens (tertiary/aromatic N) is 1. The van der Waals surface area contributed by atoms with Crippen LogP contribution in [0.5, 0.6) is 0 Å². The van der Waals surface area contributed by atoms with E-state index in [1.54, 1.807) is 11.9 Å². The molecule has 1 unspecified atom stereocenters. The van der Waals surface area contributed by atoms with Gasteiger partial charge in [0, 0.05) is 25.0 Å². The minimum absolute atomic E-state index is 0.0399. The summed E-state index contributed by atoms with van der Waals surface area (Å²) < 4.78 is 22.9. The van der Waals surface area contributed by atoms with E-state index < -0.39 is 9.84 Å². The lowest BCUT2D eigenvalue weighted by molar-refractivity contribution is -0.137. The molecule has 1 aliphatic heterocycles. The number of nitrogens with two attached hydrogens (primary N) is 1. The quantitative estimate of drug-likeness (QED) is 0.777. The zero-order valence-electron chi connectivity index (χ0n) is 10.8. The van der Waals surface area contributed by atoms with Crippen LogP contribution < -0.4 is 5.73 Å². The predicted molar refractivity (Wildman–Crippen MR) is 69.8 cm³/mol. The predicted octanol–water partition coefficient (Wildman–Crippen LogP) is 0.149. The first kappa shape index (κ1) is 13.8. The van der Waals surface area contributed by atoms with Crippen molar-refractivity contribution in [2.24, 2.45) is 11.7 Å². The summed E-state index contributed by atoms with van der Waals surface area (Å²) in [6.07, 6.45) is 4.05. The molecule has 0 aromatic carbocycles. The summed E-state index contributed by atoms with van der Waals surface area (Å²) in [5, 5.41) is 0. The van der Waals surface area contributed by atoms with Crippen LogP contribution >= 0.6 is 0 Å². The van der Waals surface area contributed by atoms with Gasteiger partial charge < -0.3 is 10.6 Å². The monoisotopic (exact) mass is 274 g/mol. The van der Waals surface area contributed by atoms with Crippen LogP contribution in [0.4, 0.5) is 0 Å². The minimum atomic E-state index is -2.93. The molecule has 1 saturated heterocycles. The van der Waals surface area contributed by atoms with E-state index in [2.05, 4.69) is 0 Å². The molecule has 0 spiro atoms. The standard InChI is InChI=1S/C12H22N2O3S/c1-14(11-6-7-18(16,17)8-11)12(15)9-2-4-10(13)5-3-9/h9-11H,2-8,13H2,1H3. The molecule has 0 radical (unpaired) electrons. The topological polar surface area (TPSA) is 80.5 Å². The van der Waals surface area contributed by atoms with Gasteiger partial charge in [0.25, 0.3) is 0 Å². The average Bonchev–Trinajstić information content (AvgIpc) is 2.69. The van der Waals surface area contributed by atoms with Crippen molar-refractivity contribution < 1.29 is 13.2 Å². The van der Waals surface area contributed by atoms with E-state index in [0.717, 1.165) is 25.7 Å². The number of sulfone groups is 1. The highest BCUT2D eigenvalue weighted by Crippen LogP contribution is 2.27. The van der Waals surface area contributed by atoms with Gasteiger partial charge in [0.15, 0.2) is 9.84 Å². The molecule has 1 heterocycles. The van der Waals surface area contributed by atoms with Crippen LogP contribution in [0.15, 0.2) is 0 Å². The second-order valence-corrected chi connectivity index (χ2v) is 7.85. The summed E-state index contributed by atoms with van der Waals surface area (Å²) in [7, 11) is -1.19. The van der Waals surface area contributed by atoms with Crippen molar-refractivity contribution >= 4 is 15.7 Å². The van der Waals surface area contributed by atoms with Crippen molar-refractivity contribution in [2.75, 3.05) is 18.6 Å². The maximum atomic E-state index is 12.3. The Kier molecular flexibility index (Phi) is 3.96. The van der Waals surface area contributed by atoms with Gasteiger partial charge in [-0.25, -0.2) is 8.42 Å². The second-order valence-electron chi connectivity index (χ2n) is 5.62. The lowest BCUT2D eigenvalue weighted by Crippen LogP contribution is -2.43. The molecule has 2 aliphatic rings. The summed E-state index contributed by atoms with van der Waals surface area (Å²) in [5.74, 6) is 0.480. The van der Waals surface area contributed by atoms with E-state index in [9.17, 15) is 13.2 Å². The Bertz CT molecular complexity index is 413. The molecule has 0 aromatic heterocycles. The van der Waals surface area contributed by atoms with Crippen molar-refractivity contribution in [1.82, 2.24) is 4.90 Å². The molecule has 5 nitrogen and oxygen atoms in total. The van der Waals surface area contributed by atoms with Gasteiger partial charge in [-0.3, -0.25) is 4.79 Å². The van der Waals surface area contributed by atoms with Crippen LogP contribution in [0.25, 0.3) is 0 Å². The molecule has 104 valence electrons. The third-order valence-electron chi connectivity index (χ3n) is 4.22. The van der Waals surface area contributed by atoms with Crippen LogP contribution in [0.3, 0.4) is 0 Å². The molecule has 18 heavy (non-hydrogen) atoms. The molecule has 0 aromatic rings. The van der Waals surface area contributed by atoms with Gasteiger partial charge in [-0.05, 0) is 32.1 Å². The number of carbonyl (C=O) groups is 1. The first-order valence-electron chi connectivity index (χ1n) is 6.62. The zero-order valence-corrected chi connectivity index (χ0v) is 11.7. The SMILES string of the molecule is CN(C(=O)C1CCC(N)CC1)C1CCS(=O)(=O)C1. The van der Waals surface area contributed by atoms with Gasteiger partial charge in [-0.1, -0.05) is 0 Å². The second kappa shape index (κ2) is 5.17. The average molecular weight is 274 g/mol. The summed E-state index contributed by atoms with van der Waals surface area (Å²) >= 11 is 0. The van der Waals surface area contributed by atoms with E-state index in [0.29, 0.717) is 6.42 Å². The summed E-state index contributed by atoms with van der Waals surface area (Å²) in [4.78, 5) is 14.0. The summed E-state index contributed by atoms with van der Waals surface area (Å²) in [5.41, 5.74) is 5.83. The summed E-state index contributed by atoms with van der Waals surface area (Å²) in [6, 6.07) is 0.101. The lowest BCUT2D eigenvalue weighted by atomic mass is 9.85. The Morgan fingerprint density at radius 3 is 2.28 bits per heavy atom. The fourth-order valence-corrected chi connectivity index (χ4v) is 4.69. The highest BCUT2D eigenvalue weighted by molar-refractivity contribution is 7.91. The van der Waals surface area contributed by atoms with E-state index in [1.165, 1.54) is 0 Å². The maximum absolute atomic E-state index is 12.3. The van der Waals surface area contributed by atoms with Crippen LogP contribution in [-0.4, -0.2) is 49.9 Å².